The van der Waals surface area contributed by atoms with E-state index < -0.39 is 9.84 Å². The molecule has 0 saturated carbocycles. The van der Waals surface area contributed by atoms with Crippen molar-refractivity contribution in [3.8, 4) is 5.75 Å². The lowest BCUT2D eigenvalue weighted by molar-refractivity contribution is 0.414. The van der Waals surface area contributed by atoms with Crippen LogP contribution < -0.4 is 9.64 Å². The van der Waals surface area contributed by atoms with Crippen LogP contribution >= 0.6 is 0 Å². The maximum absolute atomic E-state index is 13.3. The Bertz CT molecular complexity index is 1050. The van der Waals surface area contributed by atoms with E-state index in [4.69, 9.17) is 9.15 Å². The molecule has 1 aromatic heterocycles. The first kappa shape index (κ1) is 19.5. The number of rotatable bonds is 6. The summed E-state index contributed by atoms with van der Waals surface area (Å²) in [6.45, 7) is 1.54. The van der Waals surface area contributed by atoms with Gasteiger partial charge in [0.2, 0.25) is 26.6 Å². The van der Waals surface area contributed by atoms with Gasteiger partial charge in [0.05, 0.1) is 12.0 Å². The van der Waals surface area contributed by atoms with Crippen LogP contribution in [0.1, 0.15) is 30.7 Å². The Morgan fingerprint density at radius 3 is 2.34 bits per heavy atom. The average Bonchev–Trinajstić information content (AvgIpc) is 3.20. The number of hydrogen-bond acceptors (Lipinski definition) is 6. The number of anilines is 1. The number of ether oxygens (including phenoxy) is 1. The summed E-state index contributed by atoms with van der Waals surface area (Å²) in [7, 11) is -2.15. The molecule has 0 aliphatic carbocycles. The van der Waals surface area contributed by atoms with Gasteiger partial charge >= 0.3 is 0 Å². The molecule has 1 aliphatic rings. The van der Waals surface area contributed by atoms with Crippen molar-refractivity contribution in [2.45, 2.75) is 35.6 Å². The molecule has 0 radical (unpaired) electrons. The molecule has 1 saturated heterocycles. The second-order valence-electron chi connectivity index (χ2n) is 7.11. The van der Waals surface area contributed by atoms with Crippen LogP contribution in [0.15, 0.2) is 68.9 Å². The molecule has 0 spiro atoms. The van der Waals surface area contributed by atoms with E-state index in [9.17, 15) is 8.42 Å². The lowest BCUT2D eigenvalue weighted by Gasteiger charge is -2.26. The van der Waals surface area contributed by atoms with Crippen molar-refractivity contribution in [2.75, 3.05) is 25.1 Å². The molecule has 0 atom stereocenters. The van der Waals surface area contributed by atoms with Crippen molar-refractivity contribution >= 4 is 15.7 Å². The van der Waals surface area contributed by atoms with E-state index in [0.29, 0.717) is 18.2 Å². The van der Waals surface area contributed by atoms with Gasteiger partial charge in [-0.15, -0.1) is 0 Å². The molecule has 0 bridgehead atoms. The summed E-state index contributed by atoms with van der Waals surface area (Å²) in [6, 6.07) is 16.0. The molecule has 0 amide bonds. The summed E-state index contributed by atoms with van der Waals surface area (Å²) in [5.74, 6) is 1.52. The summed E-state index contributed by atoms with van der Waals surface area (Å²) in [5, 5.41) is 0.00844. The topological polar surface area (TPSA) is 72.6 Å². The second-order valence-corrected chi connectivity index (χ2v) is 8.97. The highest BCUT2D eigenvalue weighted by atomic mass is 32.2. The summed E-state index contributed by atoms with van der Waals surface area (Å²) < 4.78 is 37.8. The zero-order valence-corrected chi connectivity index (χ0v) is 17.2. The van der Waals surface area contributed by atoms with E-state index >= 15 is 0 Å². The van der Waals surface area contributed by atoms with Crippen molar-refractivity contribution in [2.24, 2.45) is 0 Å². The Labute approximate surface area is 171 Å². The molecule has 2 aromatic carbocycles. The highest BCUT2D eigenvalue weighted by Crippen LogP contribution is 2.33. The zero-order chi connectivity index (χ0) is 20.3. The van der Waals surface area contributed by atoms with Crippen LogP contribution in [0, 0.1) is 0 Å². The van der Waals surface area contributed by atoms with Gasteiger partial charge in [0.1, 0.15) is 5.75 Å². The lowest BCUT2D eigenvalue weighted by atomic mass is 10.1. The average molecular weight is 413 g/mol. The highest BCUT2D eigenvalue weighted by Gasteiger charge is 2.31. The molecular weight excluding hydrogens is 388 g/mol. The minimum Gasteiger partial charge on any atom is -0.497 e. The standard InChI is InChI=1S/C22H24N2O4S/c1-27-18-12-10-17(11-13-18)16-20-23-21(22(28-20)24-14-6-3-7-15-24)29(25,26)19-8-4-2-5-9-19/h2,4-5,8-13H,3,6-7,14-16H2,1H3. The van der Waals surface area contributed by atoms with Crippen molar-refractivity contribution < 1.29 is 17.6 Å². The van der Waals surface area contributed by atoms with Gasteiger partial charge in [0.15, 0.2) is 0 Å². The summed E-state index contributed by atoms with van der Waals surface area (Å²) in [4.78, 5) is 6.67. The van der Waals surface area contributed by atoms with Crippen molar-refractivity contribution in [3.63, 3.8) is 0 Å². The van der Waals surface area contributed by atoms with Crippen LogP contribution in [-0.4, -0.2) is 33.6 Å². The Balaban J connectivity index is 1.72. The van der Waals surface area contributed by atoms with Crippen molar-refractivity contribution in [3.05, 3.63) is 66.1 Å². The molecule has 6 nitrogen and oxygen atoms in total. The van der Waals surface area contributed by atoms with Crippen LogP contribution in [0.25, 0.3) is 0 Å². The lowest BCUT2D eigenvalue weighted by Crippen LogP contribution is -2.30. The summed E-state index contributed by atoms with van der Waals surface area (Å²) >= 11 is 0. The maximum atomic E-state index is 13.3. The SMILES string of the molecule is COc1ccc(Cc2nc(S(=O)(=O)c3ccccc3)c(N3CCCCC3)o2)cc1. The fourth-order valence-electron chi connectivity index (χ4n) is 3.52. The molecule has 2 heterocycles. The Kier molecular flexibility index (Phi) is 5.58. The van der Waals surface area contributed by atoms with E-state index in [1.807, 2.05) is 29.2 Å². The van der Waals surface area contributed by atoms with Gasteiger partial charge < -0.3 is 14.1 Å². The number of hydrogen-bond donors (Lipinski definition) is 0. The molecule has 1 fully saturated rings. The first-order valence-corrected chi connectivity index (χ1v) is 11.2. The fraction of sp³-hybridized carbons (Fsp3) is 0.318. The van der Waals surface area contributed by atoms with Crippen molar-refractivity contribution in [1.82, 2.24) is 4.98 Å². The zero-order valence-electron chi connectivity index (χ0n) is 16.4. The summed E-state index contributed by atoms with van der Waals surface area (Å²) in [6.07, 6.45) is 3.58. The van der Waals surface area contributed by atoms with Gasteiger partial charge in [-0.2, -0.15) is 4.98 Å². The van der Waals surface area contributed by atoms with Gasteiger partial charge in [0.25, 0.3) is 0 Å². The fourth-order valence-corrected chi connectivity index (χ4v) is 4.88. The minimum absolute atomic E-state index is 0.00844. The predicted molar refractivity (Wildman–Crippen MR) is 110 cm³/mol. The molecule has 4 rings (SSSR count). The first-order chi connectivity index (χ1) is 14.1. The molecule has 1 aliphatic heterocycles. The quantitative estimate of drug-likeness (QED) is 0.607. The number of sulfone groups is 1. The number of piperidine rings is 1. The van der Waals surface area contributed by atoms with E-state index in [1.165, 1.54) is 0 Å². The molecule has 152 valence electrons. The number of oxazole rings is 1. The van der Waals surface area contributed by atoms with E-state index in [1.54, 1.807) is 37.4 Å². The second kappa shape index (κ2) is 8.29. The number of nitrogens with zero attached hydrogens (tertiary/aromatic N) is 2. The van der Waals surface area contributed by atoms with Gasteiger partial charge in [-0.25, -0.2) is 8.42 Å². The molecule has 0 unspecified atom stereocenters. The van der Waals surface area contributed by atoms with E-state index in [2.05, 4.69) is 4.98 Å². The molecule has 3 aromatic rings. The van der Waals surface area contributed by atoms with E-state index in [-0.39, 0.29) is 9.92 Å². The predicted octanol–water partition coefficient (Wildman–Crippen LogP) is 4.10. The van der Waals surface area contributed by atoms with Crippen molar-refractivity contribution in [1.29, 1.82) is 0 Å². The van der Waals surface area contributed by atoms with Gasteiger partial charge in [0, 0.05) is 19.5 Å². The monoisotopic (exact) mass is 412 g/mol. The summed E-state index contributed by atoms with van der Waals surface area (Å²) in [5.41, 5.74) is 0.973. The number of benzene rings is 2. The Morgan fingerprint density at radius 2 is 1.69 bits per heavy atom. The first-order valence-electron chi connectivity index (χ1n) is 9.75. The Hall–Kier alpha value is -2.80. The molecular formula is C22H24N2O4S. The smallest absolute Gasteiger partial charge is 0.236 e. The normalized spacial score (nSPS) is 14.7. The van der Waals surface area contributed by atoms with Gasteiger partial charge in [-0.05, 0) is 49.1 Å². The third-order valence-corrected chi connectivity index (χ3v) is 6.76. The molecule has 29 heavy (non-hydrogen) atoms. The van der Waals surface area contributed by atoms with Crippen LogP contribution in [0.4, 0.5) is 5.88 Å². The van der Waals surface area contributed by atoms with Crippen LogP contribution in [0.3, 0.4) is 0 Å². The van der Waals surface area contributed by atoms with Crippen LogP contribution in [-0.2, 0) is 16.3 Å². The molecule has 0 N–H and O–H groups in total. The van der Waals surface area contributed by atoms with E-state index in [0.717, 1.165) is 43.7 Å². The van der Waals surface area contributed by atoms with Gasteiger partial charge in [-0.1, -0.05) is 30.3 Å². The number of methoxy groups -OCH3 is 1. The number of aromatic nitrogens is 1. The van der Waals surface area contributed by atoms with Crippen LogP contribution in [0.2, 0.25) is 0 Å². The Morgan fingerprint density at radius 1 is 1.00 bits per heavy atom. The maximum Gasteiger partial charge on any atom is 0.236 e. The largest absolute Gasteiger partial charge is 0.497 e. The highest BCUT2D eigenvalue weighted by molar-refractivity contribution is 7.91. The third kappa shape index (κ3) is 4.15. The third-order valence-electron chi connectivity index (χ3n) is 5.09. The van der Waals surface area contributed by atoms with Gasteiger partial charge in [-0.3, -0.25) is 0 Å². The van der Waals surface area contributed by atoms with Crippen LogP contribution in [0.5, 0.6) is 5.75 Å². The molecule has 7 heteroatoms. The minimum atomic E-state index is -3.77.